The van der Waals surface area contributed by atoms with Gasteiger partial charge in [-0.1, -0.05) is 36.5 Å². The lowest BCUT2D eigenvalue weighted by Crippen LogP contribution is -2.13. The molecule has 1 aromatic carbocycles. The van der Waals surface area contributed by atoms with Crippen LogP contribution in [0.1, 0.15) is 17.6 Å². The third-order valence-electron chi connectivity index (χ3n) is 3.20. The van der Waals surface area contributed by atoms with Gasteiger partial charge in [0.05, 0.1) is 5.75 Å². The number of aromatic nitrogens is 3. The molecule has 114 valence electrons. The lowest BCUT2D eigenvalue weighted by Gasteiger charge is -2.02. The SMILES string of the molecule is CCc1nnc(NC(=O)CSc2c(C)[nH]c3ccccc23)s1. The van der Waals surface area contributed by atoms with E-state index in [0.717, 1.165) is 32.9 Å². The van der Waals surface area contributed by atoms with Crippen molar-refractivity contribution in [3.63, 3.8) is 0 Å². The first-order chi connectivity index (χ1) is 10.7. The molecule has 3 aromatic rings. The Morgan fingerprint density at radius 1 is 1.36 bits per heavy atom. The number of anilines is 1. The molecule has 0 saturated carbocycles. The summed E-state index contributed by atoms with van der Waals surface area (Å²) in [5, 5.41) is 13.4. The molecule has 0 fully saturated rings. The highest BCUT2D eigenvalue weighted by Crippen LogP contribution is 2.31. The normalized spacial score (nSPS) is 11.0. The van der Waals surface area contributed by atoms with E-state index in [1.165, 1.54) is 23.1 Å². The standard InChI is InChI=1S/C15H16N4OS2/c1-3-13-18-19-15(22-13)17-12(20)8-21-14-9(2)16-11-7-5-4-6-10(11)14/h4-7,16H,3,8H2,1-2H3,(H,17,19,20). The number of H-pyrrole nitrogens is 1. The smallest absolute Gasteiger partial charge is 0.236 e. The van der Waals surface area contributed by atoms with Crippen molar-refractivity contribution in [1.29, 1.82) is 0 Å². The molecule has 0 bridgehead atoms. The molecule has 0 aliphatic carbocycles. The van der Waals surface area contributed by atoms with E-state index in [1.54, 1.807) is 0 Å². The van der Waals surface area contributed by atoms with Crippen LogP contribution in [-0.4, -0.2) is 26.8 Å². The van der Waals surface area contributed by atoms with Crippen molar-refractivity contribution in [2.45, 2.75) is 25.2 Å². The summed E-state index contributed by atoms with van der Waals surface area (Å²) in [5.74, 6) is 0.289. The zero-order chi connectivity index (χ0) is 15.5. The van der Waals surface area contributed by atoms with Gasteiger partial charge in [-0.3, -0.25) is 10.1 Å². The van der Waals surface area contributed by atoms with Gasteiger partial charge < -0.3 is 4.98 Å². The highest BCUT2D eigenvalue weighted by atomic mass is 32.2. The number of para-hydroxylation sites is 1. The Hall–Kier alpha value is -1.86. The third kappa shape index (κ3) is 3.15. The predicted molar refractivity (Wildman–Crippen MR) is 91.7 cm³/mol. The molecule has 0 aliphatic heterocycles. The molecule has 0 unspecified atom stereocenters. The number of aromatic amines is 1. The second-order valence-corrected chi connectivity index (χ2v) is 6.86. The van der Waals surface area contributed by atoms with Crippen molar-refractivity contribution in [2.75, 3.05) is 11.1 Å². The average molecular weight is 332 g/mol. The molecule has 3 rings (SSSR count). The zero-order valence-corrected chi connectivity index (χ0v) is 14.0. The van der Waals surface area contributed by atoms with Gasteiger partial charge in [-0.2, -0.15) is 0 Å². The van der Waals surface area contributed by atoms with E-state index in [9.17, 15) is 4.79 Å². The first-order valence-corrected chi connectivity index (χ1v) is 8.80. The van der Waals surface area contributed by atoms with Crippen molar-refractivity contribution in [3.05, 3.63) is 35.0 Å². The highest BCUT2D eigenvalue weighted by molar-refractivity contribution is 8.00. The van der Waals surface area contributed by atoms with E-state index in [2.05, 4.69) is 26.6 Å². The number of thioether (sulfide) groups is 1. The number of carbonyl (C=O) groups excluding carboxylic acids is 1. The van der Waals surface area contributed by atoms with Gasteiger partial charge in [0.1, 0.15) is 5.01 Å². The Morgan fingerprint density at radius 3 is 2.95 bits per heavy atom. The summed E-state index contributed by atoms with van der Waals surface area (Å²) < 4.78 is 0. The van der Waals surface area contributed by atoms with E-state index < -0.39 is 0 Å². The quantitative estimate of drug-likeness (QED) is 0.700. The van der Waals surface area contributed by atoms with Crippen LogP contribution in [0, 0.1) is 6.92 Å². The topological polar surface area (TPSA) is 70.7 Å². The number of amides is 1. The number of carbonyl (C=O) groups is 1. The molecule has 2 aromatic heterocycles. The van der Waals surface area contributed by atoms with Crippen LogP contribution in [0.15, 0.2) is 29.2 Å². The third-order valence-corrected chi connectivity index (χ3v) is 5.40. The number of nitrogens with zero attached hydrogens (tertiary/aromatic N) is 2. The fourth-order valence-electron chi connectivity index (χ4n) is 2.18. The molecule has 0 radical (unpaired) electrons. The van der Waals surface area contributed by atoms with Gasteiger partial charge in [-0.15, -0.1) is 22.0 Å². The maximum absolute atomic E-state index is 12.0. The molecule has 5 nitrogen and oxygen atoms in total. The molecule has 0 atom stereocenters. The monoisotopic (exact) mass is 332 g/mol. The fourth-order valence-corrected chi connectivity index (χ4v) is 3.82. The Balaban J connectivity index is 1.66. The average Bonchev–Trinajstić information content (AvgIpc) is 3.08. The van der Waals surface area contributed by atoms with Crippen LogP contribution in [0.2, 0.25) is 0 Å². The minimum absolute atomic E-state index is 0.0616. The molecular formula is C15H16N4OS2. The molecule has 0 saturated heterocycles. The van der Waals surface area contributed by atoms with Crippen LogP contribution < -0.4 is 5.32 Å². The van der Waals surface area contributed by atoms with Crippen LogP contribution in [0.25, 0.3) is 10.9 Å². The molecular weight excluding hydrogens is 316 g/mol. The van der Waals surface area contributed by atoms with E-state index in [-0.39, 0.29) is 5.91 Å². The minimum Gasteiger partial charge on any atom is -0.358 e. The van der Waals surface area contributed by atoms with E-state index in [4.69, 9.17) is 0 Å². The molecule has 2 N–H and O–H groups in total. The summed E-state index contributed by atoms with van der Waals surface area (Å²) in [4.78, 5) is 16.5. The van der Waals surface area contributed by atoms with Crippen molar-refractivity contribution >= 4 is 45.0 Å². The number of fused-ring (bicyclic) bond motifs is 1. The van der Waals surface area contributed by atoms with Crippen molar-refractivity contribution in [3.8, 4) is 0 Å². The van der Waals surface area contributed by atoms with Gasteiger partial charge in [0.2, 0.25) is 11.0 Å². The summed E-state index contributed by atoms with van der Waals surface area (Å²) in [5.41, 5.74) is 2.18. The first kappa shape index (κ1) is 15.1. The van der Waals surface area contributed by atoms with Crippen molar-refractivity contribution in [1.82, 2.24) is 15.2 Å². The van der Waals surface area contributed by atoms with E-state index in [0.29, 0.717) is 10.9 Å². The maximum atomic E-state index is 12.0. The number of aryl methyl sites for hydroxylation is 2. The summed E-state index contributed by atoms with van der Waals surface area (Å²) in [7, 11) is 0. The van der Waals surface area contributed by atoms with Gasteiger partial charge >= 0.3 is 0 Å². The number of benzene rings is 1. The Morgan fingerprint density at radius 2 is 2.18 bits per heavy atom. The number of hydrogen-bond donors (Lipinski definition) is 2. The summed E-state index contributed by atoms with van der Waals surface area (Å²) in [6.45, 7) is 4.04. The fraction of sp³-hybridized carbons (Fsp3) is 0.267. The Labute approximate surface area is 136 Å². The summed E-state index contributed by atoms with van der Waals surface area (Å²) in [6, 6.07) is 8.12. The number of nitrogens with one attached hydrogen (secondary N) is 2. The number of hydrogen-bond acceptors (Lipinski definition) is 5. The van der Waals surface area contributed by atoms with Crippen LogP contribution >= 0.6 is 23.1 Å². The molecule has 0 spiro atoms. The Bertz CT molecular complexity index is 809. The lowest BCUT2D eigenvalue weighted by atomic mass is 10.2. The van der Waals surface area contributed by atoms with Crippen LogP contribution in [0.3, 0.4) is 0 Å². The number of rotatable bonds is 5. The van der Waals surface area contributed by atoms with Crippen molar-refractivity contribution < 1.29 is 4.79 Å². The van der Waals surface area contributed by atoms with Gasteiger partial charge in [-0.25, -0.2) is 0 Å². The largest absolute Gasteiger partial charge is 0.358 e. The summed E-state index contributed by atoms with van der Waals surface area (Å²) in [6.07, 6.45) is 0.830. The van der Waals surface area contributed by atoms with E-state index in [1.807, 2.05) is 32.0 Å². The molecule has 7 heteroatoms. The van der Waals surface area contributed by atoms with Gasteiger partial charge in [0.25, 0.3) is 0 Å². The van der Waals surface area contributed by atoms with Gasteiger partial charge in [-0.05, 0) is 19.4 Å². The minimum atomic E-state index is -0.0616. The maximum Gasteiger partial charge on any atom is 0.236 e. The van der Waals surface area contributed by atoms with Crippen LogP contribution in [0.5, 0.6) is 0 Å². The molecule has 2 heterocycles. The molecule has 0 aliphatic rings. The van der Waals surface area contributed by atoms with E-state index >= 15 is 0 Å². The second kappa shape index (κ2) is 6.50. The molecule has 22 heavy (non-hydrogen) atoms. The van der Waals surface area contributed by atoms with Crippen LogP contribution in [0.4, 0.5) is 5.13 Å². The summed E-state index contributed by atoms with van der Waals surface area (Å²) >= 11 is 2.96. The predicted octanol–water partition coefficient (Wildman–Crippen LogP) is 3.62. The first-order valence-electron chi connectivity index (χ1n) is 6.99. The van der Waals surface area contributed by atoms with Gasteiger partial charge in [0.15, 0.2) is 0 Å². The zero-order valence-electron chi connectivity index (χ0n) is 12.3. The highest BCUT2D eigenvalue weighted by Gasteiger charge is 2.12. The molecule has 1 amide bonds. The van der Waals surface area contributed by atoms with Gasteiger partial charge in [0, 0.05) is 21.5 Å². The Kier molecular flexibility index (Phi) is 4.44. The second-order valence-electron chi connectivity index (χ2n) is 4.82. The lowest BCUT2D eigenvalue weighted by molar-refractivity contribution is -0.113. The van der Waals surface area contributed by atoms with Crippen molar-refractivity contribution in [2.24, 2.45) is 0 Å². The van der Waals surface area contributed by atoms with Crippen LogP contribution in [-0.2, 0) is 11.2 Å².